The van der Waals surface area contributed by atoms with Gasteiger partial charge in [0.2, 0.25) is 0 Å². The molecule has 1 aliphatic rings. The van der Waals surface area contributed by atoms with Gasteiger partial charge in [-0.05, 0) is 41.5 Å². The van der Waals surface area contributed by atoms with E-state index < -0.39 is 45.9 Å². The van der Waals surface area contributed by atoms with Gasteiger partial charge < -0.3 is 20.9 Å². The molecule has 0 spiro atoms. The summed E-state index contributed by atoms with van der Waals surface area (Å²) in [6.07, 6.45) is 0. The van der Waals surface area contributed by atoms with Crippen LogP contribution < -0.4 is 11.5 Å². The van der Waals surface area contributed by atoms with E-state index in [4.69, 9.17) is 31.8 Å². The Labute approximate surface area is 145 Å². The molecule has 1 heterocycles. The maximum atomic E-state index is 12.8. The SMILES string of the molecule is CC(C)(C)OC(=O)C1(C(=O)OC(C)(C)C)N=NC(C(=N)N)=C1C(=N)N. The van der Waals surface area contributed by atoms with E-state index in [1.54, 1.807) is 41.5 Å². The summed E-state index contributed by atoms with van der Waals surface area (Å²) in [4.78, 5) is 25.6. The summed E-state index contributed by atoms with van der Waals surface area (Å²) in [6.45, 7) is 9.60. The van der Waals surface area contributed by atoms with Crippen LogP contribution in [0.15, 0.2) is 21.5 Å². The van der Waals surface area contributed by atoms with Crippen LogP contribution in [0.3, 0.4) is 0 Å². The fourth-order valence-electron chi connectivity index (χ4n) is 1.98. The number of esters is 2. The Balaban J connectivity index is 3.63. The summed E-state index contributed by atoms with van der Waals surface area (Å²) < 4.78 is 10.6. The maximum absolute atomic E-state index is 12.8. The van der Waals surface area contributed by atoms with Gasteiger partial charge in [0.25, 0.3) is 0 Å². The highest BCUT2D eigenvalue weighted by molar-refractivity contribution is 6.21. The summed E-state index contributed by atoms with van der Waals surface area (Å²) >= 11 is 0. The monoisotopic (exact) mass is 352 g/mol. The fraction of sp³-hybridized carbons (Fsp3) is 0.600. The molecule has 0 amide bonds. The fourth-order valence-corrected chi connectivity index (χ4v) is 1.98. The lowest BCUT2D eigenvalue weighted by molar-refractivity contribution is -0.174. The zero-order valence-electron chi connectivity index (χ0n) is 15.2. The molecule has 6 N–H and O–H groups in total. The highest BCUT2D eigenvalue weighted by Crippen LogP contribution is 2.37. The Hall–Kier alpha value is -2.78. The lowest BCUT2D eigenvalue weighted by Crippen LogP contribution is -2.54. The highest BCUT2D eigenvalue weighted by Gasteiger charge is 2.60. The number of nitrogens with zero attached hydrogens (tertiary/aromatic N) is 2. The molecule has 0 atom stereocenters. The van der Waals surface area contributed by atoms with E-state index >= 15 is 0 Å². The molecule has 0 aromatic carbocycles. The molecule has 10 heteroatoms. The van der Waals surface area contributed by atoms with Crippen LogP contribution in [0.25, 0.3) is 0 Å². The van der Waals surface area contributed by atoms with Crippen molar-refractivity contribution in [1.82, 2.24) is 0 Å². The first-order chi connectivity index (χ1) is 11.1. The Morgan fingerprint density at radius 3 is 1.60 bits per heavy atom. The zero-order valence-corrected chi connectivity index (χ0v) is 15.2. The quantitative estimate of drug-likeness (QED) is 0.254. The third-order valence-electron chi connectivity index (χ3n) is 2.81. The minimum atomic E-state index is -2.44. The molecule has 0 bridgehead atoms. The van der Waals surface area contributed by atoms with E-state index in [1.165, 1.54) is 0 Å². The van der Waals surface area contributed by atoms with E-state index in [9.17, 15) is 9.59 Å². The van der Waals surface area contributed by atoms with Gasteiger partial charge in [-0.25, -0.2) is 9.59 Å². The number of nitrogens with one attached hydrogen (secondary N) is 2. The third kappa shape index (κ3) is 4.20. The van der Waals surface area contributed by atoms with E-state index in [1.807, 2.05) is 0 Å². The van der Waals surface area contributed by atoms with Crippen molar-refractivity contribution in [3.05, 3.63) is 11.3 Å². The topological polar surface area (TPSA) is 177 Å². The lowest BCUT2D eigenvalue weighted by Gasteiger charge is -2.31. The van der Waals surface area contributed by atoms with Crippen LogP contribution in [0.1, 0.15) is 41.5 Å². The first-order valence-corrected chi connectivity index (χ1v) is 7.45. The average molecular weight is 352 g/mol. The number of azo groups is 1. The predicted octanol–water partition coefficient (Wildman–Crippen LogP) is 1.00. The summed E-state index contributed by atoms with van der Waals surface area (Å²) in [5.41, 5.74) is 5.84. The minimum Gasteiger partial charge on any atom is -0.457 e. The van der Waals surface area contributed by atoms with Crippen molar-refractivity contribution >= 4 is 23.6 Å². The van der Waals surface area contributed by atoms with Crippen molar-refractivity contribution in [2.75, 3.05) is 0 Å². The number of carbonyl (C=O) groups excluding carboxylic acids is 2. The largest absolute Gasteiger partial charge is 0.457 e. The molecule has 0 aromatic rings. The molecule has 0 aliphatic carbocycles. The third-order valence-corrected chi connectivity index (χ3v) is 2.81. The van der Waals surface area contributed by atoms with Crippen LogP contribution >= 0.6 is 0 Å². The van der Waals surface area contributed by atoms with Crippen LogP contribution in [-0.4, -0.2) is 40.4 Å². The van der Waals surface area contributed by atoms with Gasteiger partial charge in [-0.3, -0.25) is 10.8 Å². The van der Waals surface area contributed by atoms with Gasteiger partial charge in [0.05, 0.1) is 5.57 Å². The first kappa shape index (κ1) is 20.3. The normalized spacial score (nSPS) is 16.6. The van der Waals surface area contributed by atoms with Crippen LogP contribution in [0.4, 0.5) is 0 Å². The van der Waals surface area contributed by atoms with Gasteiger partial charge in [0, 0.05) is 0 Å². The summed E-state index contributed by atoms with van der Waals surface area (Å²) in [5.74, 6) is -3.51. The number of nitrogens with two attached hydrogens (primary N) is 2. The first-order valence-electron chi connectivity index (χ1n) is 7.45. The number of hydrogen-bond donors (Lipinski definition) is 4. The molecule has 0 saturated heterocycles. The minimum absolute atomic E-state index is 0.343. The molecule has 25 heavy (non-hydrogen) atoms. The van der Waals surface area contributed by atoms with Crippen LogP contribution in [0, 0.1) is 10.8 Å². The number of rotatable bonds is 4. The number of carbonyl (C=O) groups is 2. The van der Waals surface area contributed by atoms with Crippen molar-refractivity contribution in [2.24, 2.45) is 21.7 Å². The average Bonchev–Trinajstić information content (AvgIpc) is 2.75. The van der Waals surface area contributed by atoms with Crippen molar-refractivity contribution in [2.45, 2.75) is 58.3 Å². The molecule has 1 aliphatic heterocycles. The van der Waals surface area contributed by atoms with Gasteiger partial charge in [-0.2, -0.15) is 5.11 Å². The van der Waals surface area contributed by atoms with Crippen LogP contribution in [0.5, 0.6) is 0 Å². The molecule has 0 unspecified atom stereocenters. The smallest absolute Gasteiger partial charge is 0.353 e. The molecular weight excluding hydrogens is 328 g/mol. The van der Waals surface area contributed by atoms with Gasteiger partial charge in [-0.1, -0.05) is 0 Å². The molecule has 138 valence electrons. The predicted molar refractivity (Wildman–Crippen MR) is 90.1 cm³/mol. The standard InChI is InChI=1S/C15H24N6O4/c1-13(2,3)24-11(22)15(12(23)25-14(4,5)6)7(9(16)17)8(10(18)19)20-21-15/h1-6H3,(H3,16,17)(H3,18,19). The van der Waals surface area contributed by atoms with Gasteiger partial charge in [0.15, 0.2) is 0 Å². The molecule has 0 fully saturated rings. The second-order valence-corrected chi connectivity index (χ2v) is 7.47. The Morgan fingerprint density at radius 1 is 0.920 bits per heavy atom. The van der Waals surface area contributed by atoms with E-state index in [0.29, 0.717) is 0 Å². The highest BCUT2D eigenvalue weighted by atomic mass is 16.6. The molecule has 1 rings (SSSR count). The summed E-state index contributed by atoms with van der Waals surface area (Å²) in [7, 11) is 0. The Kier molecular flexibility index (Phi) is 5.08. The molecular formula is C15H24N6O4. The number of amidine groups is 2. The van der Waals surface area contributed by atoms with Crippen molar-refractivity contribution in [3.63, 3.8) is 0 Å². The molecule has 0 saturated carbocycles. The summed E-state index contributed by atoms with van der Waals surface area (Å²) in [6, 6.07) is 0. The van der Waals surface area contributed by atoms with E-state index in [2.05, 4.69) is 10.2 Å². The zero-order chi connectivity index (χ0) is 19.8. The van der Waals surface area contributed by atoms with Crippen molar-refractivity contribution in [1.29, 1.82) is 10.8 Å². The van der Waals surface area contributed by atoms with Crippen LogP contribution in [0.2, 0.25) is 0 Å². The molecule has 0 radical (unpaired) electrons. The molecule has 0 aromatic heterocycles. The second-order valence-electron chi connectivity index (χ2n) is 7.47. The van der Waals surface area contributed by atoms with Crippen molar-refractivity contribution in [3.8, 4) is 0 Å². The summed E-state index contributed by atoms with van der Waals surface area (Å²) in [5, 5.41) is 22.6. The van der Waals surface area contributed by atoms with Gasteiger partial charge >= 0.3 is 17.5 Å². The number of hydrogen-bond acceptors (Lipinski definition) is 8. The van der Waals surface area contributed by atoms with Gasteiger partial charge in [-0.15, -0.1) is 5.11 Å². The van der Waals surface area contributed by atoms with Gasteiger partial charge in [0.1, 0.15) is 28.6 Å². The van der Waals surface area contributed by atoms with E-state index in [0.717, 1.165) is 0 Å². The number of ether oxygens (including phenoxy) is 2. The second kappa shape index (κ2) is 6.26. The molecule has 10 nitrogen and oxygen atoms in total. The van der Waals surface area contributed by atoms with Crippen LogP contribution in [-0.2, 0) is 19.1 Å². The lowest BCUT2D eigenvalue weighted by atomic mass is 9.88. The van der Waals surface area contributed by atoms with Crippen molar-refractivity contribution < 1.29 is 19.1 Å². The Bertz CT molecular complexity index is 666. The van der Waals surface area contributed by atoms with E-state index in [-0.39, 0.29) is 5.70 Å². The maximum Gasteiger partial charge on any atom is 0.353 e. The Morgan fingerprint density at radius 2 is 1.32 bits per heavy atom.